The number of imide groups is 1. The molecule has 2 fully saturated rings. The van der Waals surface area contributed by atoms with Crippen LogP contribution in [0.15, 0.2) is 0 Å². The van der Waals surface area contributed by atoms with Crippen molar-refractivity contribution in [1.82, 2.24) is 4.90 Å². The highest BCUT2D eigenvalue weighted by Crippen LogP contribution is 2.10. The van der Waals surface area contributed by atoms with Gasteiger partial charge in [-0.3, -0.25) is 14.5 Å². The topological polar surface area (TPSA) is 41.8 Å². The van der Waals surface area contributed by atoms with E-state index in [1.807, 2.05) is 0 Å². The Kier molecular flexibility index (Phi) is 4.60. The minimum atomic E-state index is -0.0774. The van der Waals surface area contributed by atoms with Crippen molar-refractivity contribution < 1.29 is 14.5 Å². The highest BCUT2D eigenvalue weighted by Gasteiger charge is 2.28. The third-order valence-corrected chi connectivity index (χ3v) is 4.35. The van der Waals surface area contributed by atoms with Crippen LogP contribution < -0.4 is 4.90 Å². The maximum atomic E-state index is 11.4. The number of quaternary nitrogens is 1. The molecule has 0 aromatic heterocycles. The highest BCUT2D eigenvalue weighted by atomic mass is 16.2. The number of carbonyl (C=O) groups is 2. The Bertz CT molecular complexity index is 396. The maximum Gasteiger partial charge on any atom is 0.230 e. The third kappa shape index (κ3) is 3.36. The van der Waals surface area contributed by atoms with Gasteiger partial charge >= 0.3 is 0 Å². The normalized spacial score (nSPS) is 28.4. The molecule has 2 atom stereocenters. The van der Waals surface area contributed by atoms with E-state index in [9.17, 15) is 9.59 Å². The van der Waals surface area contributed by atoms with E-state index in [1.165, 1.54) is 29.1 Å². The number of carbonyl (C=O) groups excluding carboxylic acids is 2. The zero-order chi connectivity index (χ0) is 13.8. The molecule has 4 nitrogen and oxygen atoms in total. The van der Waals surface area contributed by atoms with Gasteiger partial charge in [0.05, 0.1) is 18.6 Å². The summed E-state index contributed by atoms with van der Waals surface area (Å²) >= 11 is 0. The summed E-state index contributed by atoms with van der Waals surface area (Å²) in [6.45, 7) is 5.65. The van der Waals surface area contributed by atoms with Crippen molar-refractivity contribution in [2.24, 2.45) is 0 Å². The predicted octanol–water partition coefficient (Wildman–Crippen LogP) is -0.0154. The number of hydrogen-bond donors (Lipinski definition) is 1. The molecule has 2 aliphatic heterocycles. The lowest BCUT2D eigenvalue weighted by molar-refractivity contribution is -0.944. The molecule has 0 radical (unpaired) electrons. The van der Waals surface area contributed by atoms with E-state index in [2.05, 4.69) is 25.7 Å². The fourth-order valence-corrected chi connectivity index (χ4v) is 3.03. The lowest BCUT2D eigenvalue weighted by Crippen LogP contribution is -3.19. The van der Waals surface area contributed by atoms with E-state index in [4.69, 9.17) is 0 Å². The number of rotatable bonds is 2. The zero-order valence-electron chi connectivity index (χ0n) is 11.9. The molecule has 104 valence electrons. The minimum Gasteiger partial charge on any atom is -0.320 e. The number of likely N-dealkylation sites (tertiary alicyclic amines) is 2. The maximum absolute atomic E-state index is 11.4. The number of piperidine rings is 1. The molecule has 0 bridgehead atoms. The number of nitrogens with zero attached hydrogens (tertiary/aromatic N) is 1. The average molecular weight is 263 g/mol. The summed E-state index contributed by atoms with van der Waals surface area (Å²) in [6.07, 6.45) is 4.56. The number of amides is 2. The second-order valence-electron chi connectivity index (χ2n) is 5.71. The molecular formula is C15H23N2O2+. The summed E-state index contributed by atoms with van der Waals surface area (Å²) in [5, 5.41) is 0. The van der Waals surface area contributed by atoms with Crippen molar-refractivity contribution in [3.63, 3.8) is 0 Å². The second-order valence-corrected chi connectivity index (χ2v) is 5.71. The van der Waals surface area contributed by atoms with E-state index in [1.54, 1.807) is 0 Å². The van der Waals surface area contributed by atoms with Crippen LogP contribution in [0.2, 0.25) is 0 Å². The predicted molar refractivity (Wildman–Crippen MR) is 72.3 cm³/mol. The van der Waals surface area contributed by atoms with Crippen LogP contribution in [-0.2, 0) is 9.59 Å². The van der Waals surface area contributed by atoms with Gasteiger partial charge in [-0.25, -0.2) is 0 Å². The molecule has 0 spiro atoms. The quantitative estimate of drug-likeness (QED) is 0.562. The Labute approximate surface area is 115 Å². The van der Waals surface area contributed by atoms with Gasteiger partial charge in [-0.05, 0) is 39.0 Å². The van der Waals surface area contributed by atoms with Crippen LogP contribution in [0.4, 0.5) is 0 Å². The van der Waals surface area contributed by atoms with Crippen LogP contribution >= 0.6 is 0 Å². The van der Waals surface area contributed by atoms with Gasteiger partial charge in [-0.2, -0.15) is 0 Å². The van der Waals surface area contributed by atoms with Crippen LogP contribution in [0.1, 0.15) is 46.0 Å². The minimum absolute atomic E-state index is 0.0774. The Morgan fingerprint density at radius 2 is 1.68 bits per heavy atom. The molecule has 2 rings (SSSR count). The van der Waals surface area contributed by atoms with Crippen molar-refractivity contribution in [2.45, 2.75) is 58.0 Å². The number of hydrogen-bond acceptors (Lipinski definition) is 2. The van der Waals surface area contributed by atoms with Crippen molar-refractivity contribution in [1.29, 1.82) is 0 Å². The molecule has 0 aliphatic carbocycles. The van der Waals surface area contributed by atoms with Gasteiger partial charge in [0.1, 0.15) is 6.54 Å². The average Bonchev–Trinajstić information content (AvgIpc) is 2.68. The van der Waals surface area contributed by atoms with E-state index >= 15 is 0 Å². The summed E-state index contributed by atoms with van der Waals surface area (Å²) in [6, 6.07) is 1.32. The fraction of sp³-hybridized carbons (Fsp3) is 0.733. The molecule has 0 unspecified atom stereocenters. The lowest BCUT2D eigenvalue weighted by Gasteiger charge is -2.34. The van der Waals surface area contributed by atoms with Crippen molar-refractivity contribution >= 4 is 11.8 Å². The largest absolute Gasteiger partial charge is 0.320 e. The Morgan fingerprint density at radius 1 is 1.11 bits per heavy atom. The lowest BCUT2D eigenvalue weighted by atomic mass is 9.98. The van der Waals surface area contributed by atoms with E-state index in [0.717, 1.165) is 6.54 Å². The Hall–Kier alpha value is -1.34. The molecule has 2 saturated heterocycles. The molecule has 2 aliphatic rings. The van der Waals surface area contributed by atoms with Crippen LogP contribution in [0.25, 0.3) is 0 Å². The molecule has 0 aromatic rings. The van der Waals surface area contributed by atoms with Crippen molar-refractivity contribution in [3.05, 3.63) is 0 Å². The molecule has 2 amide bonds. The van der Waals surface area contributed by atoms with Crippen molar-refractivity contribution in [3.8, 4) is 11.8 Å². The van der Waals surface area contributed by atoms with Crippen LogP contribution in [0.3, 0.4) is 0 Å². The smallest absolute Gasteiger partial charge is 0.230 e. The van der Waals surface area contributed by atoms with Gasteiger partial charge in [0, 0.05) is 12.8 Å². The first-order chi connectivity index (χ1) is 9.09. The van der Waals surface area contributed by atoms with E-state index < -0.39 is 0 Å². The second kappa shape index (κ2) is 6.21. The van der Waals surface area contributed by atoms with Gasteiger partial charge in [-0.15, -0.1) is 0 Å². The molecule has 4 heteroatoms. The number of nitrogens with one attached hydrogen (secondary N) is 1. The van der Waals surface area contributed by atoms with E-state index in [-0.39, 0.29) is 18.4 Å². The first kappa shape index (κ1) is 14.1. The van der Waals surface area contributed by atoms with Gasteiger partial charge in [-0.1, -0.05) is 5.92 Å². The standard InChI is InChI=1S/C15H22N2O2/c1-12-6-5-7-13(2)16(12)10-3-4-11-17-14(18)8-9-15(17)19/h12-13H,5-11H2,1-2H3/p+1/t12-,13-/m1/s1. The van der Waals surface area contributed by atoms with Crippen molar-refractivity contribution in [2.75, 3.05) is 13.1 Å². The fourth-order valence-electron chi connectivity index (χ4n) is 3.03. The summed E-state index contributed by atoms with van der Waals surface area (Å²) in [5.41, 5.74) is 0. The summed E-state index contributed by atoms with van der Waals surface area (Å²) in [5.74, 6) is 5.99. The monoisotopic (exact) mass is 263 g/mol. The van der Waals surface area contributed by atoms with E-state index in [0.29, 0.717) is 24.9 Å². The summed E-state index contributed by atoms with van der Waals surface area (Å²) < 4.78 is 0. The molecule has 0 aromatic carbocycles. The molecule has 1 N–H and O–H groups in total. The van der Waals surface area contributed by atoms with Gasteiger partial charge in [0.2, 0.25) is 11.8 Å². The Morgan fingerprint density at radius 3 is 2.26 bits per heavy atom. The summed E-state index contributed by atoms with van der Waals surface area (Å²) in [4.78, 5) is 25.7. The van der Waals surface area contributed by atoms with Crippen LogP contribution in [-0.4, -0.2) is 41.9 Å². The zero-order valence-corrected chi connectivity index (χ0v) is 11.9. The SMILES string of the molecule is C[C@@H]1CCC[C@@H](C)[NH+]1CC#CCN1C(=O)CCC1=O. The Balaban J connectivity index is 1.83. The van der Waals surface area contributed by atoms with Crippen LogP contribution in [0.5, 0.6) is 0 Å². The molecule has 2 heterocycles. The van der Waals surface area contributed by atoms with Gasteiger partial charge in [0.15, 0.2) is 0 Å². The van der Waals surface area contributed by atoms with Crippen LogP contribution in [0, 0.1) is 11.8 Å². The molecule has 0 saturated carbocycles. The summed E-state index contributed by atoms with van der Waals surface area (Å²) in [7, 11) is 0. The van der Waals surface area contributed by atoms with Gasteiger partial charge < -0.3 is 4.90 Å². The first-order valence-corrected chi connectivity index (χ1v) is 7.24. The molecule has 19 heavy (non-hydrogen) atoms. The van der Waals surface area contributed by atoms with Gasteiger partial charge in [0.25, 0.3) is 0 Å². The highest BCUT2D eigenvalue weighted by molar-refractivity contribution is 6.02. The first-order valence-electron chi connectivity index (χ1n) is 7.24. The molecular weight excluding hydrogens is 240 g/mol. The third-order valence-electron chi connectivity index (χ3n) is 4.35.